The highest BCUT2D eigenvalue weighted by atomic mass is 16.5. The molecular formula is C14H16N2O3. The van der Waals surface area contributed by atoms with Gasteiger partial charge in [-0.1, -0.05) is 12.0 Å². The van der Waals surface area contributed by atoms with E-state index in [0.29, 0.717) is 17.8 Å². The molecule has 0 saturated heterocycles. The van der Waals surface area contributed by atoms with Crippen molar-refractivity contribution in [2.24, 2.45) is 0 Å². The minimum Gasteiger partial charge on any atom is -0.465 e. The van der Waals surface area contributed by atoms with Gasteiger partial charge in [-0.3, -0.25) is 10.1 Å². The lowest BCUT2D eigenvalue weighted by Crippen LogP contribution is -2.28. The highest BCUT2D eigenvalue weighted by molar-refractivity contribution is 5.96. The van der Waals surface area contributed by atoms with E-state index < -0.39 is 5.97 Å². The van der Waals surface area contributed by atoms with Crippen LogP contribution in [0.2, 0.25) is 0 Å². The first kappa shape index (κ1) is 14.7. The molecule has 0 atom stereocenters. The van der Waals surface area contributed by atoms with Crippen LogP contribution in [-0.2, 0) is 9.53 Å². The minimum atomic E-state index is -0.444. The summed E-state index contributed by atoms with van der Waals surface area (Å²) in [5.41, 5.74) is 1.83. The number of aryl methyl sites for hydroxylation is 1. The molecule has 1 rings (SSSR count). The Morgan fingerprint density at radius 1 is 1.42 bits per heavy atom. The van der Waals surface area contributed by atoms with E-state index in [9.17, 15) is 9.59 Å². The van der Waals surface area contributed by atoms with Crippen LogP contribution in [0.3, 0.4) is 0 Å². The predicted molar refractivity (Wildman–Crippen MR) is 72.9 cm³/mol. The van der Waals surface area contributed by atoms with E-state index in [1.165, 1.54) is 7.11 Å². The molecule has 0 aliphatic heterocycles. The maximum Gasteiger partial charge on any atom is 0.337 e. The van der Waals surface area contributed by atoms with E-state index >= 15 is 0 Å². The Morgan fingerprint density at radius 2 is 2.16 bits per heavy atom. The van der Waals surface area contributed by atoms with Gasteiger partial charge in [0.2, 0.25) is 5.91 Å². The van der Waals surface area contributed by atoms with Gasteiger partial charge in [0.05, 0.1) is 25.8 Å². The third-order valence-corrected chi connectivity index (χ3v) is 2.45. The largest absolute Gasteiger partial charge is 0.465 e. The number of carbonyl (C=O) groups is 2. The number of ether oxygens (including phenoxy) is 1. The number of carbonyl (C=O) groups excluding carboxylic acids is 2. The number of hydrogen-bond acceptors (Lipinski definition) is 4. The number of anilines is 1. The Bertz CT molecular complexity index is 518. The molecule has 0 heterocycles. The lowest BCUT2D eigenvalue weighted by Gasteiger charge is -2.10. The number of amides is 1. The number of benzene rings is 1. The van der Waals surface area contributed by atoms with E-state index in [1.54, 1.807) is 18.2 Å². The predicted octanol–water partition coefficient (Wildman–Crippen LogP) is 0.943. The van der Waals surface area contributed by atoms with Crippen LogP contribution in [0, 0.1) is 19.3 Å². The van der Waals surface area contributed by atoms with Gasteiger partial charge in [-0.15, -0.1) is 6.42 Å². The molecule has 1 amide bonds. The van der Waals surface area contributed by atoms with Crippen molar-refractivity contribution in [1.29, 1.82) is 0 Å². The smallest absolute Gasteiger partial charge is 0.337 e. The summed E-state index contributed by atoms with van der Waals surface area (Å²) in [6.45, 7) is 2.28. The highest BCUT2D eigenvalue weighted by Crippen LogP contribution is 2.17. The fourth-order valence-electron chi connectivity index (χ4n) is 1.44. The Kier molecular flexibility index (Phi) is 5.58. The van der Waals surface area contributed by atoms with Gasteiger partial charge in [0.25, 0.3) is 0 Å². The lowest BCUT2D eigenvalue weighted by molar-refractivity contribution is -0.115. The zero-order valence-electron chi connectivity index (χ0n) is 10.9. The van der Waals surface area contributed by atoms with Crippen molar-refractivity contribution in [3.8, 4) is 12.3 Å². The van der Waals surface area contributed by atoms with Gasteiger partial charge in [0.15, 0.2) is 0 Å². The fraction of sp³-hybridized carbons (Fsp3) is 0.286. The second-order valence-corrected chi connectivity index (χ2v) is 3.88. The lowest BCUT2D eigenvalue weighted by atomic mass is 10.1. The van der Waals surface area contributed by atoms with Crippen molar-refractivity contribution in [3.05, 3.63) is 29.3 Å². The number of terminal acetylenes is 1. The molecular weight excluding hydrogens is 244 g/mol. The Balaban J connectivity index is 2.74. The van der Waals surface area contributed by atoms with Crippen LogP contribution in [0.4, 0.5) is 5.69 Å². The summed E-state index contributed by atoms with van der Waals surface area (Å²) < 4.78 is 4.63. The molecule has 1 aromatic rings. The van der Waals surface area contributed by atoms with Crippen molar-refractivity contribution < 1.29 is 14.3 Å². The molecule has 5 nitrogen and oxygen atoms in total. The normalized spacial score (nSPS) is 9.53. The summed E-state index contributed by atoms with van der Waals surface area (Å²) in [5, 5.41) is 5.49. The van der Waals surface area contributed by atoms with Crippen molar-refractivity contribution in [3.63, 3.8) is 0 Å². The zero-order chi connectivity index (χ0) is 14.3. The third-order valence-electron chi connectivity index (χ3n) is 2.45. The summed E-state index contributed by atoms with van der Waals surface area (Å²) in [7, 11) is 1.31. The number of rotatable bonds is 5. The van der Waals surface area contributed by atoms with Crippen LogP contribution in [0.5, 0.6) is 0 Å². The second-order valence-electron chi connectivity index (χ2n) is 3.88. The van der Waals surface area contributed by atoms with Gasteiger partial charge in [0, 0.05) is 5.69 Å². The van der Waals surface area contributed by atoms with Crippen molar-refractivity contribution in [2.75, 3.05) is 25.5 Å². The first-order valence-corrected chi connectivity index (χ1v) is 5.71. The topological polar surface area (TPSA) is 67.4 Å². The van der Waals surface area contributed by atoms with E-state index in [1.807, 2.05) is 6.92 Å². The fourth-order valence-corrected chi connectivity index (χ4v) is 1.44. The van der Waals surface area contributed by atoms with E-state index in [0.717, 1.165) is 5.56 Å². The Morgan fingerprint density at radius 3 is 2.79 bits per heavy atom. The van der Waals surface area contributed by atoms with Crippen molar-refractivity contribution in [1.82, 2.24) is 5.32 Å². The van der Waals surface area contributed by atoms with Crippen LogP contribution in [-0.4, -0.2) is 32.1 Å². The third kappa shape index (κ3) is 4.45. The van der Waals surface area contributed by atoms with E-state index in [-0.39, 0.29) is 12.5 Å². The van der Waals surface area contributed by atoms with Crippen molar-refractivity contribution in [2.45, 2.75) is 6.92 Å². The molecule has 0 radical (unpaired) electrons. The number of methoxy groups -OCH3 is 1. The monoisotopic (exact) mass is 260 g/mol. The van der Waals surface area contributed by atoms with Crippen LogP contribution < -0.4 is 10.6 Å². The maximum atomic E-state index is 11.6. The van der Waals surface area contributed by atoms with Crippen molar-refractivity contribution >= 4 is 17.6 Å². The zero-order valence-corrected chi connectivity index (χ0v) is 10.9. The average molecular weight is 260 g/mol. The molecule has 19 heavy (non-hydrogen) atoms. The number of esters is 1. The van der Waals surface area contributed by atoms with Gasteiger partial charge in [-0.2, -0.15) is 0 Å². The quantitative estimate of drug-likeness (QED) is 0.470. The van der Waals surface area contributed by atoms with Crippen LogP contribution in [0.1, 0.15) is 15.9 Å². The van der Waals surface area contributed by atoms with E-state index in [4.69, 9.17) is 6.42 Å². The molecule has 0 saturated carbocycles. The van der Waals surface area contributed by atoms with Gasteiger partial charge < -0.3 is 10.1 Å². The summed E-state index contributed by atoms with van der Waals surface area (Å²) in [5.74, 6) is 1.71. The van der Waals surface area contributed by atoms with Gasteiger partial charge in [-0.05, 0) is 24.6 Å². The molecule has 0 aliphatic carbocycles. The molecule has 5 heteroatoms. The van der Waals surface area contributed by atoms with Crippen LogP contribution >= 0.6 is 0 Å². The number of hydrogen-bond donors (Lipinski definition) is 2. The first-order valence-electron chi connectivity index (χ1n) is 5.71. The minimum absolute atomic E-state index is 0.117. The standard InChI is InChI=1S/C14H16N2O3/c1-4-7-15-9-13(17)16-12-8-11(14(18)19-3)6-5-10(12)2/h1,5-6,8,15H,7,9H2,2-3H3,(H,16,17). The van der Waals surface area contributed by atoms with E-state index in [2.05, 4.69) is 21.3 Å². The summed E-state index contributed by atoms with van der Waals surface area (Å²) in [4.78, 5) is 23.0. The summed E-state index contributed by atoms with van der Waals surface area (Å²) in [6, 6.07) is 4.98. The molecule has 0 aromatic heterocycles. The van der Waals surface area contributed by atoms with Gasteiger partial charge >= 0.3 is 5.97 Å². The molecule has 0 bridgehead atoms. The van der Waals surface area contributed by atoms with Crippen LogP contribution in [0.25, 0.3) is 0 Å². The summed E-state index contributed by atoms with van der Waals surface area (Å²) in [6.07, 6.45) is 5.06. The highest BCUT2D eigenvalue weighted by Gasteiger charge is 2.09. The SMILES string of the molecule is C#CCNCC(=O)Nc1cc(C(=O)OC)ccc1C. The molecule has 100 valence electrons. The Labute approximate surface area is 112 Å². The second kappa shape index (κ2) is 7.19. The molecule has 1 aromatic carbocycles. The Hall–Kier alpha value is -2.32. The first-order chi connectivity index (χ1) is 9.08. The van der Waals surface area contributed by atoms with Gasteiger partial charge in [-0.25, -0.2) is 4.79 Å². The van der Waals surface area contributed by atoms with Gasteiger partial charge in [0.1, 0.15) is 0 Å². The molecule has 2 N–H and O–H groups in total. The van der Waals surface area contributed by atoms with Crippen LogP contribution in [0.15, 0.2) is 18.2 Å². The molecule has 0 unspecified atom stereocenters. The molecule has 0 aliphatic rings. The molecule has 0 fully saturated rings. The molecule has 0 spiro atoms. The number of nitrogens with one attached hydrogen (secondary N) is 2. The summed E-state index contributed by atoms with van der Waals surface area (Å²) >= 11 is 0. The maximum absolute atomic E-state index is 11.6. The average Bonchev–Trinajstić information content (AvgIpc) is 2.40.